The molecule has 8 nitrogen and oxygen atoms in total. The molecule has 0 saturated heterocycles. The number of aryl methyl sites for hydroxylation is 1. The molecule has 1 aromatic heterocycles. The predicted octanol–water partition coefficient (Wildman–Crippen LogP) is 4.04. The molecule has 0 atom stereocenters. The smallest absolute Gasteiger partial charge is 0.258 e. The molecule has 4 aromatic rings. The summed E-state index contributed by atoms with van der Waals surface area (Å²) < 4.78 is 1.79. The normalized spacial score (nSPS) is 12.6. The van der Waals surface area contributed by atoms with Crippen molar-refractivity contribution in [2.75, 3.05) is 22.1 Å². The van der Waals surface area contributed by atoms with E-state index in [0.29, 0.717) is 35.5 Å². The molecule has 35 heavy (non-hydrogen) atoms. The third kappa shape index (κ3) is 4.96. The van der Waals surface area contributed by atoms with Crippen molar-refractivity contribution in [2.45, 2.75) is 12.8 Å². The lowest BCUT2D eigenvalue weighted by molar-refractivity contribution is -0.116. The molecule has 0 radical (unpaired) electrons. The Morgan fingerprint density at radius 3 is 2.49 bits per heavy atom. The quantitative estimate of drug-likeness (QED) is 0.449. The number of fused-ring (bicyclic) bond motifs is 1. The molecule has 2 N–H and O–H groups in total. The van der Waals surface area contributed by atoms with Crippen molar-refractivity contribution in [3.05, 3.63) is 102 Å². The molecule has 5 rings (SSSR count). The molecule has 0 aliphatic carbocycles. The lowest BCUT2D eigenvalue weighted by atomic mass is 10.1. The van der Waals surface area contributed by atoms with Crippen LogP contribution in [0.15, 0.2) is 91.3 Å². The van der Waals surface area contributed by atoms with Crippen LogP contribution in [0.4, 0.5) is 17.1 Å². The molecular formula is C27H23N5O3. The van der Waals surface area contributed by atoms with Gasteiger partial charge in [0.05, 0.1) is 23.3 Å². The molecular weight excluding hydrogens is 442 g/mol. The van der Waals surface area contributed by atoms with Crippen molar-refractivity contribution in [1.29, 1.82) is 0 Å². The Morgan fingerprint density at radius 1 is 0.943 bits per heavy atom. The first kappa shape index (κ1) is 22.1. The molecule has 3 amide bonds. The number of aromatic nitrogens is 2. The lowest BCUT2D eigenvalue weighted by Gasteiger charge is -2.29. The molecule has 0 bridgehead atoms. The van der Waals surface area contributed by atoms with E-state index in [1.807, 2.05) is 42.6 Å². The summed E-state index contributed by atoms with van der Waals surface area (Å²) in [5.41, 5.74) is 4.23. The van der Waals surface area contributed by atoms with Crippen LogP contribution in [0.2, 0.25) is 0 Å². The van der Waals surface area contributed by atoms with Crippen molar-refractivity contribution in [3.63, 3.8) is 0 Å². The van der Waals surface area contributed by atoms with Crippen molar-refractivity contribution in [1.82, 2.24) is 9.78 Å². The Morgan fingerprint density at radius 2 is 1.69 bits per heavy atom. The average molecular weight is 466 g/mol. The van der Waals surface area contributed by atoms with E-state index in [2.05, 4.69) is 15.7 Å². The maximum Gasteiger partial charge on any atom is 0.258 e. The second-order valence-electron chi connectivity index (χ2n) is 8.21. The zero-order valence-electron chi connectivity index (χ0n) is 18.8. The van der Waals surface area contributed by atoms with Gasteiger partial charge in [0.25, 0.3) is 5.91 Å². The van der Waals surface area contributed by atoms with Crippen LogP contribution in [0.25, 0.3) is 5.69 Å². The number of carbonyl (C=O) groups is 3. The van der Waals surface area contributed by atoms with Gasteiger partial charge in [0.15, 0.2) is 0 Å². The van der Waals surface area contributed by atoms with E-state index in [0.717, 1.165) is 11.3 Å². The van der Waals surface area contributed by atoms with Gasteiger partial charge in [-0.05, 0) is 60.5 Å². The summed E-state index contributed by atoms with van der Waals surface area (Å²) in [4.78, 5) is 39.0. The number of amides is 3. The van der Waals surface area contributed by atoms with Gasteiger partial charge < -0.3 is 10.6 Å². The van der Waals surface area contributed by atoms with Crippen LogP contribution in [0.5, 0.6) is 0 Å². The van der Waals surface area contributed by atoms with Gasteiger partial charge in [-0.25, -0.2) is 4.68 Å². The van der Waals surface area contributed by atoms with Crippen LogP contribution < -0.4 is 15.5 Å². The minimum absolute atomic E-state index is 0.0464. The number of hydrogen-bond acceptors (Lipinski definition) is 4. The maximum atomic E-state index is 13.1. The molecule has 8 heteroatoms. The third-order valence-electron chi connectivity index (χ3n) is 5.73. The molecule has 0 saturated carbocycles. The molecule has 0 spiro atoms. The van der Waals surface area contributed by atoms with Crippen molar-refractivity contribution >= 4 is 34.8 Å². The van der Waals surface area contributed by atoms with Gasteiger partial charge >= 0.3 is 0 Å². The summed E-state index contributed by atoms with van der Waals surface area (Å²) in [5.74, 6) is -0.644. The van der Waals surface area contributed by atoms with E-state index in [9.17, 15) is 14.4 Å². The highest BCUT2D eigenvalue weighted by Crippen LogP contribution is 2.30. The Balaban J connectivity index is 1.18. The van der Waals surface area contributed by atoms with Gasteiger partial charge in [-0.2, -0.15) is 5.10 Å². The zero-order chi connectivity index (χ0) is 24.2. The summed E-state index contributed by atoms with van der Waals surface area (Å²) in [6.07, 6.45) is 4.55. The van der Waals surface area contributed by atoms with Crippen LogP contribution in [0.3, 0.4) is 0 Å². The van der Waals surface area contributed by atoms with Gasteiger partial charge in [0.1, 0.15) is 6.54 Å². The van der Waals surface area contributed by atoms with E-state index >= 15 is 0 Å². The van der Waals surface area contributed by atoms with Gasteiger partial charge in [-0.3, -0.25) is 19.3 Å². The van der Waals surface area contributed by atoms with Gasteiger partial charge in [-0.1, -0.05) is 30.3 Å². The number of nitrogens with one attached hydrogen (secondary N) is 2. The Kier molecular flexibility index (Phi) is 6.09. The van der Waals surface area contributed by atoms with Crippen LogP contribution in [0.1, 0.15) is 22.3 Å². The number of nitrogens with zero attached hydrogens (tertiary/aromatic N) is 3. The summed E-state index contributed by atoms with van der Waals surface area (Å²) in [6.45, 7) is -0.0464. The Labute approximate surface area is 202 Å². The van der Waals surface area contributed by atoms with Crippen molar-refractivity contribution in [3.8, 4) is 5.69 Å². The minimum Gasteiger partial charge on any atom is -0.326 e. The fraction of sp³-hybridized carbons (Fsp3) is 0.111. The Bertz CT molecular complexity index is 1380. The highest BCUT2D eigenvalue weighted by atomic mass is 16.2. The number of hydrogen-bond donors (Lipinski definition) is 2. The van der Waals surface area contributed by atoms with Crippen LogP contribution >= 0.6 is 0 Å². The number of rotatable bonds is 6. The number of para-hydroxylation sites is 3. The summed E-state index contributed by atoms with van der Waals surface area (Å²) in [5, 5.41) is 9.99. The molecule has 0 unspecified atom stereocenters. The van der Waals surface area contributed by atoms with Gasteiger partial charge in [0, 0.05) is 23.9 Å². The zero-order valence-corrected chi connectivity index (χ0v) is 18.8. The Hall–Kier alpha value is -4.72. The fourth-order valence-electron chi connectivity index (χ4n) is 3.96. The van der Waals surface area contributed by atoms with Gasteiger partial charge in [0.2, 0.25) is 11.8 Å². The highest BCUT2D eigenvalue weighted by Gasteiger charge is 2.27. The van der Waals surface area contributed by atoms with Crippen LogP contribution in [-0.2, 0) is 16.0 Å². The highest BCUT2D eigenvalue weighted by molar-refractivity contribution is 6.15. The molecule has 1 aliphatic rings. The summed E-state index contributed by atoms with van der Waals surface area (Å²) in [7, 11) is 0. The largest absolute Gasteiger partial charge is 0.326 e. The van der Waals surface area contributed by atoms with E-state index < -0.39 is 0 Å². The number of benzene rings is 3. The first-order valence-corrected chi connectivity index (χ1v) is 11.3. The maximum absolute atomic E-state index is 13.1. The molecule has 2 heterocycles. The average Bonchev–Trinajstić information content (AvgIpc) is 3.37. The second kappa shape index (κ2) is 9.64. The minimum atomic E-state index is -0.277. The predicted molar refractivity (Wildman–Crippen MR) is 134 cm³/mol. The van der Waals surface area contributed by atoms with Crippen LogP contribution in [-0.4, -0.2) is 34.0 Å². The second-order valence-corrected chi connectivity index (χ2v) is 8.21. The van der Waals surface area contributed by atoms with Crippen molar-refractivity contribution in [2.24, 2.45) is 0 Å². The standard InChI is InChI=1S/C27H23N5O3/c33-25(15-10-19-16-28-32(17-19)22-6-2-1-3-7-22)29-21-13-11-20(12-14-21)27(35)31-18-26(34)30-23-8-4-5-9-24(23)31/h1-9,11-14,16-17H,10,15,18H2,(H,29,33)(H,30,34). The molecule has 3 aromatic carbocycles. The van der Waals surface area contributed by atoms with E-state index in [-0.39, 0.29) is 24.3 Å². The van der Waals surface area contributed by atoms with E-state index in [1.165, 1.54) is 4.90 Å². The first-order chi connectivity index (χ1) is 17.1. The van der Waals surface area contributed by atoms with E-state index in [4.69, 9.17) is 0 Å². The third-order valence-corrected chi connectivity index (χ3v) is 5.73. The SMILES string of the molecule is O=C(CCc1cnn(-c2ccccc2)c1)Nc1ccc(C(=O)N2CC(=O)Nc3ccccc32)cc1. The first-order valence-electron chi connectivity index (χ1n) is 11.3. The van der Waals surface area contributed by atoms with Gasteiger partial charge in [-0.15, -0.1) is 0 Å². The molecule has 174 valence electrons. The fourth-order valence-corrected chi connectivity index (χ4v) is 3.96. The number of carbonyl (C=O) groups excluding carboxylic acids is 3. The van der Waals surface area contributed by atoms with E-state index in [1.54, 1.807) is 53.3 Å². The summed E-state index contributed by atoms with van der Waals surface area (Å²) >= 11 is 0. The lowest BCUT2D eigenvalue weighted by Crippen LogP contribution is -2.42. The monoisotopic (exact) mass is 465 g/mol. The topological polar surface area (TPSA) is 96.3 Å². The van der Waals surface area contributed by atoms with Crippen LogP contribution in [0, 0.1) is 0 Å². The summed E-state index contributed by atoms with van der Waals surface area (Å²) in [6, 6.07) is 23.6. The molecule has 1 aliphatic heterocycles. The number of anilines is 3. The molecule has 0 fully saturated rings. The van der Waals surface area contributed by atoms with Crippen molar-refractivity contribution < 1.29 is 14.4 Å².